The number of ketones is 1. The summed E-state index contributed by atoms with van der Waals surface area (Å²) in [6, 6.07) is 0. The van der Waals surface area contributed by atoms with Crippen molar-refractivity contribution in [3.8, 4) is 0 Å². The van der Waals surface area contributed by atoms with Gasteiger partial charge in [-0.1, -0.05) is 13.8 Å². The third kappa shape index (κ3) is 2.01. The predicted molar refractivity (Wildman–Crippen MR) is 77.7 cm³/mol. The minimum absolute atomic E-state index is 0.155. The van der Waals surface area contributed by atoms with Crippen molar-refractivity contribution >= 4 is 17.7 Å². The van der Waals surface area contributed by atoms with Gasteiger partial charge in [-0.25, -0.2) is 0 Å². The molecule has 0 amide bonds. The van der Waals surface area contributed by atoms with Crippen molar-refractivity contribution in [2.45, 2.75) is 59.2 Å². The molecule has 1 heterocycles. The Morgan fingerprint density at radius 3 is 2.64 bits per heavy atom. The Morgan fingerprint density at radius 2 is 2.00 bits per heavy atom. The van der Waals surface area contributed by atoms with Crippen LogP contribution in [0.5, 0.6) is 0 Å². The molecule has 3 fully saturated rings. The number of hydrogen-bond acceptors (Lipinski definition) is 5. The molecule has 0 N–H and O–H groups in total. The van der Waals surface area contributed by atoms with Crippen LogP contribution in [-0.2, 0) is 23.9 Å². The molecule has 3 aliphatic rings. The normalized spacial score (nSPS) is 47.5. The van der Waals surface area contributed by atoms with E-state index in [1.807, 2.05) is 13.8 Å². The number of ether oxygens (including phenoxy) is 2. The Kier molecular flexibility index (Phi) is 3.57. The fraction of sp³-hybridized carbons (Fsp3) is 0.824. The van der Waals surface area contributed by atoms with Crippen molar-refractivity contribution in [3.05, 3.63) is 0 Å². The minimum Gasteiger partial charge on any atom is -0.462 e. The first-order valence-electron chi connectivity index (χ1n) is 8.17. The molecular weight excluding hydrogens is 284 g/mol. The van der Waals surface area contributed by atoms with Gasteiger partial charge in [0.2, 0.25) is 0 Å². The third-order valence-electron chi connectivity index (χ3n) is 6.22. The summed E-state index contributed by atoms with van der Waals surface area (Å²) in [6.45, 7) is 7.22. The molecule has 5 nitrogen and oxygen atoms in total. The Balaban J connectivity index is 2.09. The first kappa shape index (κ1) is 15.5. The van der Waals surface area contributed by atoms with Gasteiger partial charge in [0.25, 0.3) is 0 Å². The zero-order chi connectivity index (χ0) is 16.2. The summed E-state index contributed by atoms with van der Waals surface area (Å²) < 4.78 is 11.2. The number of esters is 2. The quantitative estimate of drug-likeness (QED) is 0.694. The number of Topliss-reactive ketones (excluding diaryl/α,β-unsaturated/α-hetero) is 1. The number of carbonyl (C=O) groups is 3. The minimum atomic E-state index is -0.702. The largest absolute Gasteiger partial charge is 0.462 e. The molecule has 2 saturated carbocycles. The second kappa shape index (κ2) is 5.07. The van der Waals surface area contributed by atoms with Crippen molar-refractivity contribution in [3.63, 3.8) is 0 Å². The number of rotatable bonds is 1. The van der Waals surface area contributed by atoms with Crippen LogP contribution >= 0.6 is 0 Å². The Hall–Kier alpha value is -1.39. The molecule has 122 valence electrons. The standard InChI is InChI=1S/C17H24O5/c1-8-7-12-14(9(2)16(20)22-12)15(21-10(3)18)17(4)11(8)5-6-13(17)19/h8-9,11-12,14-15H,5-7H2,1-4H3/t8-,9+,11+,12-,14-,15+,17+/m1/s1. The summed E-state index contributed by atoms with van der Waals surface area (Å²) in [7, 11) is 0. The fourth-order valence-electron chi connectivity index (χ4n) is 5.09. The molecule has 0 aromatic carbocycles. The van der Waals surface area contributed by atoms with E-state index in [0.29, 0.717) is 6.42 Å². The van der Waals surface area contributed by atoms with Gasteiger partial charge in [-0.15, -0.1) is 0 Å². The lowest BCUT2D eigenvalue weighted by Crippen LogP contribution is -2.49. The molecule has 7 atom stereocenters. The smallest absolute Gasteiger partial charge is 0.309 e. The zero-order valence-electron chi connectivity index (χ0n) is 13.6. The van der Waals surface area contributed by atoms with Gasteiger partial charge in [0, 0.05) is 19.3 Å². The summed E-state index contributed by atoms with van der Waals surface area (Å²) in [5, 5.41) is 0. The lowest BCUT2D eigenvalue weighted by atomic mass is 9.67. The maximum absolute atomic E-state index is 12.7. The van der Waals surface area contributed by atoms with E-state index in [1.165, 1.54) is 6.92 Å². The fourth-order valence-corrected chi connectivity index (χ4v) is 5.09. The van der Waals surface area contributed by atoms with Crippen LogP contribution in [0.4, 0.5) is 0 Å². The number of fused-ring (bicyclic) bond motifs is 2. The van der Waals surface area contributed by atoms with E-state index in [2.05, 4.69) is 6.92 Å². The van der Waals surface area contributed by atoms with Crippen molar-refractivity contribution in [2.24, 2.45) is 29.1 Å². The van der Waals surface area contributed by atoms with Gasteiger partial charge in [0.05, 0.1) is 11.3 Å². The van der Waals surface area contributed by atoms with Crippen molar-refractivity contribution in [1.29, 1.82) is 0 Å². The molecular formula is C17H24O5. The molecule has 1 saturated heterocycles. The summed E-state index contributed by atoms with van der Waals surface area (Å²) in [6.07, 6.45) is 1.28. The van der Waals surface area contributed by atoms with Gasteiger partial charge in [-0.3, -0.25) is 14.4 Å². The Bertz CT molecular complexity index is 527. The monoisotopic (exact) mass is 308 g/mol. The van der Waals surface area contributed by atoms with Crippen LogP contribution in [0.15, 0.2) is 0 Å². The first-order chi connectivity index (χ1) is 10.3. The van der Waals surface area contributed by atoms with Crippen LogP contribution in [0.25, 0.3) is 0 Å². The van der Waals surface area contributed by atoms with Crippen molar-refractivity contribution in [1.82, 2.24) is 0 Å². The van der Waals surface area contributed by atoms with Crippen molar-refractivity contribution in [2.75, 3.05) is 0 Å². The van der Waals surface area contributed by atoms with E-state index < -0.39 is 17.5 Å². The van der Waals surface area contributed by atoms with E-state index in [4.69, 9.17) is 9.47 Å². The lowest BCUT2D eigenvalue weighted by Gasteiger charge is -2.40. The van der Waals surface area contributed by atoms with E-state index >= 15 is 0 Å². The first-order valence-corrected chi connectivity index (χ1v) is 8.17. The third-order valence-corrected chi connectivity index (χ3v) is 6.22. The molecule has 2 aliphatic carbocycles. The topological polar surface area (TPSA) is 69.7 Å². The van der Waals surface area contributed by atoms with Gasteiger partial charge >= 0.3 is 11.9 Å². The van der Waals surface area contributed by atoms with E-state index in [-0.39, 0.29) is 41.5 Å². The molecule has 0 unspecified atom stereocenters. The van der Waals surface area contributed by atoms with E-state index in [1.54, 1.807) is 0 Å². The summed E-state index contributed by atoms with van der Waals surface area (Å²) in [5.41, 5.74) is -0.702. The SMILES string of the molecule is CC(=O)O[C@H]1[C@@H]2[C@H](C)C(=O)O[C@@H]2C[C@@H](C)[C@@H]2CCC(=O)[C@]21C. The molecule has 0 aromatic heterocycles. The summed E-state index contributed by atoms with van der Waals surface area (Å²) in [4.78, 5) is 36.4. The van der Waals surface area contributed by atoms with Crippen LogP contribution in [-0.4, -0.2) is 29.9 Å². The molecule has 5 heteroatoms. The zero-order valence-corrected chi connectivity index (χ0v) is 13.6. The number of hydrogen-bond donors (Lipinski definition) is 0. The Labute approximate surface area is 130 Å². The van der Waals surface area contributed by atoms with Crippen LogP contribution in [0, 0.1) is 29.1 Å². The predicted octanol–water partition coefficient (Wildman–Crippen LogP) is 2.12. The molecule has 22 heavy (non-hydrogen) atoms. The lowest BCUT2D eigenvalue weighted by molar-refractivity contribution is -0.165. The van der Waals surface area contributed by atoms with Crippen molar-refractivity contribution < 1.29 is 23.9 Å². The molecule has 0 radical (unpaired) electrons. The van der Waals surface area contributed by atoms with Gasteiger partial charge in [-0.2, -0.15) is 0 Å². The average molecular weight is 308 g/mol. The van der Waals surface area contributed by atoms with Gasteiger partial charge in [0.1, 0.15) is 18.0 Å². The second-order valence-corrected chi connectivity index (χ2v) is 7.44. The maximum atomic E-state index is 12.7. The molecule has 0 spiro atoms. The summed E-state index contributed by atoms with van der Waals surface area (Å²) in [5.74, 6) is -0.607. The van der Waals surface area contributed by atoms with E-state index in [9.17, 15) is 14.4 Å². The van der Waals surface area contributed by atoms with Crippen LogP contribution in [0.2, 0.25) is 0 Å². The summed E-state index contributed by atoms with van der Waals surface area (Å²) >= 11 is 0. The maximum Gasteiger partial charge on any atom is 0.309 e. The van der Waals surface area contributed by atoms with Gasteiger partial charge in [0.15, 0.2) is 0 Å². The van der Waals surface area contributed by atoms with Crippen LogP contribution in [0.1, 0.15) is 47.0 Å². The molecule has 0 bridgehead atoms. The van der Waals surface area contributed by atoms with Crippen LogP contribution < -0.4 is 0 Å². The van der Waals surface area contributed by atoms with Gasteiger partial charge < -0.3 is 9.47 Å². The second-order valence-electron chi connectivity index (χ2n) is 7.44. The highest BCUT2D eigenvalue weighted by Gasteiger charge is 2.63. The molecule has 3 rings (SSSR count). The average Bonchev–Trinajstić information content (AvgIpc) is 2.84. The van der Waals surface area contributed by atoms with E-state index in [0.717, 1.165) is 12.8 Å². The van der Waals surface area contributed by atoms with Crippen LogP contribution in [0.3, 0.4) is 0 Å². The number of carbonyl (C=O) groups excluding carboxylic acids is 3. The molecule has 1 aliphatic heterocycles. The Morgan fingerprint density at radius 1 is 1.32 bits per heavy atom. The highest BCUT2D eigenvalue weighted by atomic mass is 16.6. The van der Waals surface area contributed by atoms with Gasteiger partial charge in [-0.05, 0) is 31.6 Å². The highest BCUT2D eigenvalue weighted by Crippen LogP contribution is 2.56. The highest BCUT2D eigenvalue weighted by molar-refractivity contribution is 5.88. The molecule has 0 aromatic rings.